The van der Waals surface area contributed by atoms with Crippen LogP contribution in [0.1, 0.15) is 161 Å². The van der Waals surface area contributed by atoms with Crippen molar-refractivity contribution in [1.29, 1.82) is 0 Å². The van der Waals surface area contributed by atoms with Crippen LogP contribution in [0.25, 0.3) is 0 Å². The van der Waals surface area contributed by atoms with Crippen molar-refractivity contribution in [2.45, 2.75) is 161 Å². The molecule has 9 rings (SSSR count). The zero-order chi connectivity index (χ0) is 31.1. The second-order valence-corrected chi connectivity index (χ2v) is 16.9. The average molecular weight is 675 g/mol. The van der Waals surface area contributed by atoms with Crippen LogP contribution in [0.4, 0.5) is 0 Å². The first kappa shape index (κ1) is 43.1. The molecule has 7 saturated carbocycles. The fraction of sp³-hybridized carbons (Fsp3) is 0.955. The second-order valence-electron chi connectivity index (χ2n) is 16.9. The van der Waals surface area contributed by atoms with Gasteiger partial charge in [0.1, 0.15) is 0 Å². The van der Waals surface area contributed by atoms with E-state index in [1.807, 2.05) is 0 Å². The molecule has 48 heavy (non-hydrogen) atoms. The number of esters is 2. The molecule has 4 nitrogen and oxygen atoms in total. The van der Waals surface area contributed by atoms with E-state index in [0.29, 0.717) is 26.1 Å². The van der Waals surface area contributed by atoms with Crippen LogP contribution in [0.2, 0.25) is 0 Å². The van der Waals surface area contributed by atoms with Crippen LogP contribution in [0.5, 0.6) is 0 Å². The SMILES string of the molecule is C.C.C.C.CCC1CC2CC1C1C(CC)CC(CC)C21.CCC1CC2CC1C1C3CC(C(C)C3C)C21.O=C1CCCO1.O=C1CCCO1. The third-order valence-electron chi connectivity index (χ3n) is 15.6. The predicted molar refractivity (Wildman–Crippen MR) is 203 cm³/mol. The third kappa shape index (κ3) is 7.88. The van der Waals surface area contributed by atoms with E-state index in [0.717, 1.165) is 95.7 Å². The smallest absolute Gasteiger partial charge is 0.305 e. The molecule has 16 atom stereocenters. The highest BCUT2D eigenvalue weighted by Gasteiger charge is 2.65. The highest BCUT2D eigenvalue weighted by Crippen LogP contribution is 2.71. The van der Waals surface area contributed by atoms with E-state index in [1.165, 1.54) is 37.5 Å². The third-order valence-corrected chi connectivity index (χ3v) is 15.6. The van der Waals surface area contributed by atoms with E-state index < -0.39 is 0 Å². The molecule has 4 heteroatoms. The molecule has 0 aromatic carbocycles. The number of ether oxygens (including phenoxy) is 2. The van der Waals surface area contributed by atoms with Crippen molar-refractivity contribution in [3.63, 3.8) is 0 Å². The fourth-order valence-corrected chi connectivity index (χ4v) is 13.8. The summed E-state index contributed by atoms with van der Waals surface area (Å²) in [5.41, 5.74) is 0. The molecule has 9 fully saturated rings. The van der Waals surface area contributed by atoms with E-state index >= 15 is 0 Å². The topological polar surface area (TPSA) is 52.6 Å². The predicted octanol–water partition coefficient (Wildman–Crippen LogP) is 12.1. The molecule has 7 aliphatic carbocycles. The Balaban J connectivity index is 0.000000236. The van der Waals surface area contributed by atoms with Gasteiger partial charge < -0.3 is 9.47 Å². The summed E-state index contributed by atoms with van der Waals surface area (Å²) < 4.78 is 9.03. The number of carbonyl (C=O) groups excluding carboxylic acids is 2. The number of rotatable bonds is 4. The van der Waals surface area contributed by atoms with E-state index in [1.54, 1.807) is 38.5 Å². The van der Waals surface area contributed by atoms with Gasteiger partial charge in [-0.15, -0.1) is 0 Å². The monoisotopic (exact) mass is 675 g/mol. The van der Waals surface area contributed by atoms with Crippen LogP contribution in [-0.2, 0) is 19.1 Å². The zero-order valence-electron chi connectivity index (χ0n) is 29.2. The van der Waals surface area contributed by atoms with Gasteiger partial charge in [-0.25, -0.2) is 0 Å². The summed E-state index contributed by atoms with van der Waals surface area (Å²) in [6.07, 6.45) is 18.5. The maximum absolute atomic E-state index is 10.0. The average Bonchev–Trinajstić information content (AvgIpc) is 3.87. The van der Waals surface area contributed by atoms with Crippen LogP contribution in [-0.4, -0.2) is 25.2 Å². The molecule has 0 radical (unpaired) electrons. The van der Waals surface area contributed by atoms with Crippen molar-refractivity contribution in [1.82, 2.24) is 0 Å². The molecule has 9 aliphatic rings. The van der Waals surface area contributed by atoms with Crippen molar-refractivity contribution < 1.29 is 19.1 Å². The van der Waals surface area contributed by atoms with Gasteiger partial charge in [0.2, 0.25) is 0 Å². The van der Waals surface area contributed by atoms with Crippen LogP contribution >= 0.6 is 0 Å². The highest BCUT2D eigenvalue weighted by atomic mass is 16.5. The number of carbonyl (C=O) groups is 2. The minimum Gasteiger partial charge on any atom is -0.466 e. The summed E-state index contributed by atoms with van der Waals surface area (Å²) in [5.74, 6) is 18.0. The van der Waals surface area contributed by atoms with Crippen molar-refractivity contribution in [2.24, 2.45) is 94.7 Å². The molecule has 0 amide bonds. The lowest BCUT2D eigenvalue weighted by molar-refractivity contribution is -0.138. The molecule has 6 bridgehead atoms. The second kappa shape index (κ2) is 18.4. The fourth-order valence-electron chi connectivity index (χ4n) is 13.8. The van der Waals surface area contributed by atoms with Crippen LogP contribution in [0.3, 0.4) is 0 Å². The van der Waals surface area contributed by atoms with Gasteiger partial charge in [-0.2, -0.15) is 0 Å². The Morgan fingerprint density at radius 1 is 0.479 bits per heavy atom. The first-order valence-corrected chi connectivity index (χ1v) is 19.6. The standard InChI is InChI=1S/C16H26.C16H28.2C4H6O2.4CH4/c1-4-10-5-11-6-14(10)16-13-7-12(15(11)16)8(2)9(13)3;1-4-10-7-13-9-14(10)16-12(6-3)8-11(5-2)15(13)16;2*5-4-2-1-3-6-4;;;;/h8-16H,4-7H2,1-3H3;10-16H,4-9H2,1-3H3;2*1-3H2;4*1H4. The number of hydrogen-bond acceptors (Lipinski definition) is 4. The van der Waals surface area contributed by atoms with E-state index in [9.17, 15) is 9.59 Å². The summed E-state index contributed by atoms with van der Waals surface area (Å²) in [6.45, 7) is 16.1. The maximum atomic E-state index is 10.0. The van der Waals surface area contributed by atoms with Crippen LogP contribution in [0.15, 0.2) is 0 Å². The summed E-state index contributed by atoms with van der Waals surface area (Å²) in [5, 5.41) is 0. The molecule has 0 spiro atoms. The van der Waals surface area contributed by atoms with Crippen LogP contribution < -0.4 is 0 Å². The molecule has 2 aliphatic heterocycles. The first-order chi connectivity index (χ1) is 21.3. The normalized spacial score (nSPS) is 45.6. The molecule has 16 unspecified atom stereocenters. The van der Waals surface area contributed by atoms with Gasteiger partial charge in [-0.1, -0.05) is 96.9 Å². The highest BCUT2D eigenvalue weighted by molar-refractivity contribution is 5.71. The van der Waals surface area contributed by atoms with Gasteiger partial charge in [0.15, 0.2) is 0 Å². The summed E-state index contributed by atoms with van der Waals surface area (Å²) in [4.78, 5) is 20.0. The molecule has 2 saturated heterocycles. The van der Waals surface area contributed by atoms with Gasteiger partial charge in [-0.05, 0) is 146 Å². The molecular weight excluding hydrogens is 592 g/mol. The largest absolute Gasteiger partial charge is 0.466 e. The Labute approximate surface area is 299 Å². The molecule has 0 aromatic rings. The first-order valence-electron chi connectivity index (χ1n) is 19.6. The van der Waals surface area contributed by atoms with Crippen LogP contribution in [0, 0.1) is 94.7 Å². The number of cyclic esters (lactones) is 2. The van der Waals surface area contributed by atoms with Gasteiger partial charge in [0.05, 0.1) is 13.2 Å². The lowest BCUT2D eigenvalue weighted by atomic mass is 9.62. The Hall–Kier alpha value is -1.06. The van der Waals surface area contributed by atoms with E-state index in [4.69, 9.17) is 0 Å². The van der Waals surface area contributed by atoms with E-state index in [-0.39, 0.29) is 41.6 Å². The van der Waals surface area contributed by atoms with Crippen molar-refractivity contribution in [3.05, 3.63) is 0 Å². The summed E-state index contributed by atoms with van der Waals surface area (Å²) in [7, 11) is 0. The van der Waals surface area contributed by atoms with E-state index in [2.05, 4.69) is 51.0 Å². The molecular formula is C44H82O4. The van der Waals surface area contributed by atoms with Gasteiger partial charge in [0.25, 0.3) is 0 Å². The van der Waals surface area contributed by atoms with Crippen molar-refractivity contribution in [2.75, 3.05) is 13.2 Å². The zero-order valence-corrected chi connectivity index (χ0v) is 29.2. The van der Waals surface area contributed by atoms with Crippen molar-refractivity contribution in [3.8, 4) is 0 Å². The maximum Gasteiger partial charge on any atom is 0.305 e. The summed E-state index contributed by atoms with van der Waals surface area (Å²) >= 11 is 0. The van der Waals surface area contributed by atoms with Gasteiger partial charge >= 0.3 is 11.9 Å². The summed E-state index contributed by atoms with van der Waals surface area (Å²) in [6, 6.07) is 0. The van der Waals surface area contributed by atoms with Crippen molar-refractivity contribution >= 4 is 11.9 Å². The minimum atomic E-state index is -0.0463. The quantitative estimate of drug-likeness (QED) is 0.220. The Morgan fingerprint density at radius 2 is 0.896 bits per heavy atom. The Kier molecular flexibility index (Phi) is 16.6. The molecule has 0 N–H and O–H groups in total. The number of fused-ring (bicyclic) bond motifs is 14. The molecule has 0 aromatic heterocycles. The minimum absolute atomic E-state index is 0. The lowest BCUT2D eigenvalue weighted by Crippen LogP contribution is -2.38. The Morgan fingerprint density at radius 3 is 1.29 bits per heavy atom. The Bertz CT molecular complexity index is 923. The lowest BCUT2D eigenvalue weighted by Gasteiger charge is -2.43. The van der Waals surface area contributed by atoms with Gasteiger partial charge in [0, 0.05) is 12.8 Å². The molecule has 2 heterocycles. The number of hydrogen-bond donors (Lipinski definition) is 0. The molecule has 282 valence electrons. The van der Waals surface area contributed by atoms with Gasteiger partial charge in [-0.3, -0.25) is 9.59 Å².